The van der Waals surface area contributed by atoms with E-state index in [0.29, 0.717) is 5.75 Å². The van der Waals surface area contributed by atoms with Crippen molar-refractivity contribution in [3.8, 4) is 17.9 Å². The third-order valence-electron chi connectivity index (χ3n) is 5.06. The Balaban J connectivity index is 2.17. The van der Waals surface area contributed by atoms with Gasteiger partial charge in [-0.05, 0) is 31.5 Å². The molecule has 7 heteroatoms. The van der Waals surface area contributed by atoms with Gasteiger partial charge in [-0.2, -0.15) is 10.5 Å². The molecule has 0 unspecified atom stereocenters. The Bertz CT molecular complexity index is 786. The third kappa shape index (κ3) is 1.82. The highest BCUT2D eigenvalue weighted by Crippen LogP contribution is 2.81. The van der Waals surface area contributed by atoms with Crippen LogP contribution in [0.15, 0.2) is 29.3 Å². The molecule has 130 valence electrons. The molecule has 1 heterocycles. The summed E-state index contributed by atoms with van der Waals surface area (Å²) in [6, 6.07) is 11.7. The number of hydrogen-bond donors (Lipinski definition) is 1. The molecule has 7 nitrogen and oxygen atoms in total. The van der Waals surface area contributed by atoms with Crippen LogP contribution in [-0.4, -0.2) is 32.1 Å². The predicted molar refractivity (Wildman–Crippen MR) is 89.4 cm³/mol. The molecule has 2 aliphatic rings. The van der Waals surface area contributed by atoms with Crippen LogP contribution in [0.25, 0.3) is 0 Å². The Hall–Kier alpha value is -2.61. The van der Waals surface area contributed by atoms with Crippen LogP contribution < -0.4 is 10.5 Å². The molecular formula is C18H20N4O3. The summed E-state index contributed by atoms with van der Waals surface area (Å²) >= 11 is 0. The lowest BCUT2D eigenvalue weighted by molar-refractivity contribution is -0.255. The summed E-state index contributed by atoms with van der Waals surface area (Å²) in [5.74, 6) is -1.29. The molecule has 3 atom stereocenters. The topological polar surface area (TPSA) is 114 Å². The fourth-order valence-electron chi connectivity index (χ4n) is 4.05. The number of nitrogens with zero attached hydrogens (tertiary/aromatic N) is 3. The van der Waals surface area contributed by atoms with Crippen molar-refractivity contribution < 1.29 is 14.2 Å². The molecule has 0 amide bonds. The molecule has 0 spiro atoms. The first-order valence-corrected chi connectivity index (χ1v) is 8.13. The van der Waals surface area contributed by atoms with E-state index in [1.807, 2.05) is 12.1 Å². The van der Waals surface area contributed by atoms with Crippen molar-refractivity contribution in [3.05, 3.63) is 29.8 Å². The zero-order chi connectivity index (χ0) is 18.3. The molecule has 0 aromatic heterocycles. The third-order valence-corrected chi connectivity index (χ3v) is 5.06. The van der Waals surface area contributed by atoms with Crippen molar-refractivity contribution in [1.29, 1.82) is 10.5 Å². The summed E-state index contributed by atoms with van der Waals surface area (Å²) in [5.41, 5.74) is 4.35. The van der Waals surface area contributed by atoms with Crippen LogP contribution >= 0.6 is 0 Å². The van der Waals surface area contributed by atoms with Crippen molar-refractivity contribution >= 4 is 5.84 Å². The van der Waals surface area contributed by atoms with Crippen molar-refractivity contribution in [1.82, 2.24) is 0 Å². The van der Waals surface area contributed by atoms with E-state index in [4.69, 9.17) is 19.9 Å². The first-order valence-electron chi connectivity index (χ1n) is 8.13. The van der Waals surface area contributed by atoms with Crippen LogP contribution in [0.5, 0.6) is 5.75 Å². The van der Waals surface area contributed by atoms with Gasteiger partial charge in [0.2, 0.25) is 0 Å². The summed E-state index contributed by atoms with van der Waals surface area (Å²) in [7, 11) is 1.58. The summed E-state index contributed by atoms with van der Waals surface area (Å²) < 4.78 is 16.7. The van der Waals surface area contributed by atoms with Crippen LogP contribution in [-0.2, 0) is 9.47 Å². The minimum absolute atomic E-state index is 0.0827. The average molecular weight is 340 g/mol. The number of aliphatic imine (C=N–C) groups is 1. The normalized spacial score (nSPS) is 31.4. The second kappa shape index (κ2) is 5.73. The van der Waals surface area contributed by atoms with Crippen LogP contribution in [0.3, 0.4) is 0 Å². The number of rotatable bonds is 6. The van der Waals surface area contributed by atoms with E-state index in [9.17, 15) is 10.5 Å². The van der Waals surface area contributed by atoms with E-state index in [0.717, 1.165) is 5.56 Å². The van der Waals surface area contributed by atoms with Crippen LogP contribution in [0.2, 0.25) is 0 Å². The van der Waals surface area contributed by atoms with Gasteiger partial charge in [-0.3, -0.25) is 0 Å². The summed E-state index contributed by atoms with van der Waals surface area (Å²) in [6.07, 6.45) is 0. The van der Waals surface area contributed by atoms with E-state index in [-0.39, 0.29) is 19.0 Å². The fourth-order valence-corrected chi connectivity index (χ4v) is 4.05. The quantitative estimate of drug-likeness (QED) is 0.791. The number of nitrogens with two attached hydrogens (primary N) is 1. The highest BCUT2D eigenvalue weighted by Gasteiger charge is 2.93. The van der Waals surface area contributed by atoms with E-state index in [1.165, 1.54) is 0 Å². The number of nitriles is 2. The molecule has 3 rings (SSSR count). The average Bonchev–Trinajstić information content (AvgIpc) is 3.21. The van der Waals surface area contributed by atoms with Crippen LogP contribution in [0.1, 0.15) is 25.3 Å². The van der Waals surface area contributed by atoms with Crippen molar-refractivity contribution in [2.24, 2.45) is 21.6 Å². The molecule has 1 fully saturated rings. The molecule has 0 bridgehead atoms. The standard InChI is InChI=1S/C18H20N4O3/c1-4-24-18(25-5-2)17(11-20)14(16(17,10-19)15(21)22-18)12-6-8-13(23-3)9-7-12/h6-9,14H,4-5H2,1-3H3,(H2,21,22)/t14-,16+,17+/m0/s1. The molecule has 1 aliphatic carbocycles. The lowest BCUT2D eigenvalue weighted by Crippen LogP contribution is -2.43. The molecule has 1 saturated carbocycles. The van der Waals surface area contributed by atoms with Crippen molar-refractivity contribution in [2.45, 2.75) is 25.7 Å². The van der Waals surface area contributed by atoms with Gasteiger partial charge in [0.1, 0.15) is 17.0 Å². The minimum atomic E-state index is -1.57. The minimum Gasteiger partial charge on any atom is -0.497 e. The van der Waals surface area contributed by atoms with Gasteiger partial charge in [-0.1, -0.05) is 12.1 Å². The van der Waals surface area contributed by atoms with Gasteiger partial charge in [-0.15, -0.1) is 0 Å². The Morgan fingerprint density at radius 2 is 1.72 bits per heavy atom. The molecular weight excluding hydrogens is 320 g/mol. The number of ether oxygens (including phenoxy) is 3. The van der Waals surface area contributed by atoms with Gasteiger partial charge in [0.05, 0.1) is 19.2 Å². The first kappa shape index (κ1) is 17.2. The highest BCUT2D eigenvalue weighted by atomic mass is 16.7. The molecule has 0 saturated heterocycles. The molecule has 1 aromatic rings. The van der Waals surface area contributed by atoms with Crippen LogP contribution in [0, 0.1) is 33.5 Å². The van der Waals surface area contributed by atoms with E-state index in [2.05, 4.69) is 17.1 Å². The number of methoxy groups -OCH3 is 1. The lowest BCUT2D eigenvalue weighted by atomic mass is 9.93. The van der Waals surface area contributed by atoms with Gasteiger partial charge in [-0.25, -0.2) is 4.99 Å². The summed E-state index contributed by atoms with van der Waals surface area (Å²) in [4.78, 5) is 4.31. The molecule has 2 N–H and O–H groups in total. The number of hydrogen-bond acceptors (Lipinski definition) is 7. The maximum atomic E-state index is 10.1. The molecule has 25 heavy (non-hydrogen) atoms. The van der Waals surface area contributed by atoms with Gasteiger partial charge < -0.3 is 19.9 Å². The Kier molecular flexibility index (Phi) is 3.95. The Labute approximate surface area is 146 Å². The summed E-state index contributed by atoms with van der Waals surface area (Å²) in [6.45, 7) is 4.12. The van der Waals surface area contributed by atoms with Gasteiger partial charge >= 0.3 is 0 Å². The lowest BCUT2D eigenvalue weighted by Gasteiger charge is -2.31. The van der Waals surface area contributed by atoms with Crippen molar-refractivity contribution in [2.75, 3.05) is 20.3 Å². The number of amidine groups is 1. The maximum Gasteiger partial charge on any atom is 0.293 e. The fraction of sp³-hybridized carbons (Fsp3) is 0.500. The Morgan fingerprint density at radius 3 is 2.16 bits per heavy atom. The second-order valence-corrected chi connectivity index (χ2v) is 5.99. The highest BCUT2D eigenvalue weighted by molar-refractivity contribution is 6.00. The van der Waals surface area contributed by atoms with E-state index >= 15 is 0 Å². The van der Waals surface area contributed by atoms with Crippen LogP contribution in [0.4, 0.5) is 0 Å². The second-order valence-electron chi connectivity index (χ2n) is 5.99. The zero-order valence-corrected chi connectivity index (χ0v) is 14.4. The number of fused-ring (bicyclic) bond motifs is 1. The molecule has 0 radical (unpaired) electrons. The smallest absolute Gasteiger partial charge is 0.293 e. The molecule has 1 aromatic carbocycles. The number of benzene rings is 1. The molecule has 1 aliphatic heterocycles. The van der Waals surface area contributed by atoms with E-state index in [1.54, 1.807) is 33.1 Å². The van der Waals surface area contributed by atoms with E-state index < -0.39 is 22.7 Å². The van der Waals surface area contributed by atoms with Gasteiger partial charge in [0.25, 0.3) is 5.91 Å². The predicted octanol–water partition coefficient (Wildman–Crippen LogP) is 1.91. The summed E-state index contributed by atoms with van der Waals surface area (Å²) in [5, 5.41) is 20.0. The maximum absolute atomic E-state index is 10.1. The monoisotopic (exact) mass is 340 g/mol. The zero-order valence-electron chi connectivity index (χ0n) is 14.4. The SMILES string of the molecule is CCOC1(OCC)N=C(N)[C@@]2(C#N)[C@H](c3ccc(OC)cc3)[C@@]12C#N. The Morgan fingerprint density at radius 1 is 1.12 bits per heavy atom. The first-order chi connectivity index (χ1) is 12.0. The van der Waals surface area contributed by atoms with Crippen molar-refractivity contribution in [3.63, 3.8) is 0 Å². The van der Waals surface area contributed by atoms with Gasteiger partial charge in [0.15, 0.2) is 5.41 Å². The van der Waals surface area contributed by atoms with Gasteiger partial charge in [0, 0.05) is 19.1 Å². The largest absolute Gasteiger partial charge is 0.497 e.